The topological polar surface area (TPSA) is 54.0 Å². The van der Waals surface area contributed by atoms with Gasteiger partial charge in [-0.25, -0.2) is 0 Å². The number of Topliss-reactive ketones (excluding diaryl/α,β-unsaturated/α-hetero) is 1. The van der Waals surface area contributed by atoms with Gasteiger partial charge in [0.05, 0.1) is 45.1 Å². The lowest BCUT2D eigenvalue weighted by Gasteiger charge is -2.44. The van der Waals surface area contributed by atoms with Gasteiger partial charge >= 0.3 is 0 Å². The van der Waals surface area contributed by atoms with E-state index in [1.807, 2.05) is 60.7 Å². The van der Waals surface area contributed by atoms with E-state index in [-0.39, 0.29) is 18.0 Å². The molecule has 29 heavy (non-hydrogen) atoms. The molecule has 154 valence electrons. The van der Waals surface area contributed by atoms with E-state index in [1.165, 1.54) is 0 Å². The van der Waals surface area contributed by atoms with Crippen LogP contribution in [0.4, 0.5) is 0 Å². The molecule has 0 radical (unpaired) electrons. The monoisotopic (exact) mass is 396 g/mol. The zero-order valence-corrected chi connectivity index (χ0v) is 16.6. The highest BCUT2D eigenvalue weighted by atomic mass is 16.7. The molecule has 2 aromatic carbocycles. The third kappa shape index (κ3) is 5.73. The van der Waals surface area contributed by atoms with Crippen LogP contribution < -0.4 is 0 Å². The minimum Gasteiger partial charge on any atom is -0.374 e. The molecule has 0 aromatic heterocycles. The van der Waals surface area contributed by atoms with Crippen LogP contribution in [0.15, 0.2) is 60.7 Å². The standard InChI is InChI=1S/C24H28O5/c25-21-13-23(17-26-15-19-7-3-1-4-8-19)29-24(14-21)12-11-22(18-28-24)27-16-20-9-5-2-6-10-20/h1-10,22-23H,11-18H2/t22-,23-,24-/m0/s1. The van der Waals surface area contributed by atoms with Crippen molar-refractivity contribution < 1.29 is 23.7 Å². The van der Waals surface area contributed by atoms with E-state index in [4.69, 9.17) is 18.9 Å². The minimum atomic E-state index is -0.817. The fraction of sp³-hybridized carbons (Fsp3) is 0.458. The van der Waals surface area contributed by atoms with Crippen LogP contribution in [0.25, 0.3) is 0 Å². The number of hydrogen-bond acceptors (Lipinski definition) is 5. The second-order valence-corrected chi connectivity index (χ2v) is 7.84. The molecule has 5 nitrogen and oxygen atoms in total. The first kappa shape index (κ1) is 20.2. The van der Waals surface area contributed by atoms with Gasteiger partial charge in [-0.3, -0.25) is 4.79 Å². The SMILES string of the molecule is O=C1C[C@@H](COCc2ccccc2)O[C@@]2(CC[C@H](OCc3ccccc3)CO2)C1. The molecule has 2 aliphatic heterocycles. The lowest BCUT2D eigenvalue weighted by Crippen LogP contribution is -2.52. The van der Waals surface area contributed by atoms with E-state index in [2.05, 4.69) is 0 Å². The van der Waals surface area contributed by atoms with Crippen LogP contribution >= 0.6 is 0 Å². The van der Waals surface area contributed by atoms with Crippen LogP contribution in [0, 0.1) is 0 Å². The molecule has 0 unspecified atom stereocenters. The van der Waals surface area contributed by atoms with Crippen LogP contribution in [0.3, 0.4) is 0 Å². The molecule has 0 N–H and O–H groups in total. The van der Waals surface area contributed by atoms with Crippen molar-refractivity contribution in [2.24, 2.45) is 0 Å². The number of carbonyl (C=O) groups excluding carboxylic acids is 1. The molecule has 2 saturated heterocycles. The molecule has 5 heteroatoms. The zero-order chi connectivity index (χ0) is 19.9. The molecule has 1 spiro atoms. The highest BCUT2D eigenvalue weighted by molar-refractivity contribution is 5.80. The van der Waals surface area contributed by atoms with Crippen molar-refractivity contribution in [1.29, 1.82) is 0 Å². The summed E-state index contributed by atoms with van der Waals surface area (Å²) in [5, 5.41) is 0. The van der Waals surface area contributed by atoms with Crippen molar-refractivity contribution >= 4 is 5.78 Å². The van der Waals surface area contributed by atoms with Gasteiger partial charge in [0.25, 0.3) is 0 Å². The Kier molecular flexibility index (Phi) is 6.72. The summed E-state index contributed by atoms with van der Waals surface area (Å²) < 4.78 is 24.0. The van der Waals surface area contributed by atoms with Crippen molar-refractivity contribution in [3.05, 3.63) is 71.8 Å². The molecule has 3 atom stereocenters. The molecule has 2 aromatic rings. The number of ether oxygens (including phenoxy) is 4. The Morgan fingerprint density at radius 3 is 2.31 bits per heavy atom. The van der Waals surface area contributed by atoms with Gasteiger partial charge in [0.1, 0.15) is 5.78 Å². The van der Waals surface area contributed by atoms with E-state index < -0.39 is 5.79 Å². The first-order chi connectivity index (χ1) is 14.2. The number of carbonyl (C=O) groups is 1. The predicted octanol–water partition coefficient (Wildman–Crippen LogP) is 4.04. The van der Waals surface area contributed by atoms with E-state index in [9.17, 15) is 4.79 Å². The van der Waals surface area contributed by atoms with E-state index in [0.717, 1.165) is 17.5 Å². The summed E-state index contributed by atoms with van der Waals surface area (Å²) in [6.45, 7) is 1.91. The fourth-order valence-corrected chi connectivity index (χ4v) is 3.92. The Morgan fingerprint density at radius 2 is 1.66 bits per heavy atom. The van der Waals surface area contributed by atoms with Crippen LogP contribution in [0.5, 0.6) is 0 Å². The molecule has 2 aliphatic rings. The summed E-state index contributed by atoms with van der Waals surface area (Å²) in [5.41, 5.74) is 2.25. The number of hydrogen-bond donors (Lipinski definition) is 0. The van der Waals surface area contributed by atoms with Gasteiger partial charge in [-0.1, -0.05) is 60.7 Å². The Labute approximate surface area is 171 Å². The number of rotatable bonds is 7. The van der Waals surface area contributed by atoms with Gasteiger partial charge in [0.15, 0.2) is 5.79 Å². The second kappa shape index (κ2) is 9.63. The molecule has 0 amide bonds. The lowest BCUT2D eigenvalue weighted by atomic mass is 9.93. The van der Waals surface area contributed by atoms with Crippen molar-refractivity contribution in [3.8, 4) is 0 Å². The highest BCUT2D eigenvalue weighted by Crippen LogP contribution is 2.36. The van der Waals surface area contributed by atoms with Gasteiger partial charge in [0.2, 0.25) is 0 Å². The lowest BCUT2D eigenvalue weighted by molar-refractivity contribution is -0.305. The first-order valence-corrected chi connectivity index (χ1v) is 10.3. The number of ketones is 1. The summed E-state index contributed by atoms with van der Waals surface area (Å²) in [4.78, 5) is 12.3. The third-order valence-corrected chi connectivity index (χ3v) is 5.43. The fourth-order valence-electron chi connectivity index (χ4n) is 3.92. The Morgan fingerprint density at radius 1 is 0.966 bits per heavy atom. The van der Waals surface area contributed by atoms with Crippen molar-refractivity contribution in [2.45, 2.75) is 56.9 Å². The summed E-state index contributed by atoms with van der Waals surface area (Å²) >= 11 is 0. The molecule has 4 rings (SSSR count). The summed E-state index contributed by atoms with van der Waals surface area (Å²) in [7, 11) is 0. The van der Waals surface area contributed by atoms with Gasteiger partial charge in [-0.15, -0.1) is 0 Å². The third-order valence-electron chi connectivity index (χ3n) is 5.43. The summed E-state index contributed by atoms with van der Waals surface area (Å²) in [6, 6.07) is 20.1. The van der Waals surface area contributed by atoms with Crippen LogP contribution in [-0.4, -0.2) is 37.0 Å². The molecule has 0 bridgehead atoms. The number of benzene rings is 2. The predicted molar refractivity (Wildman–Crippen MR) is 108 cm³/mol. The van der Waals surface area contributed by atoms with Crippen molar-refractivity contribution in [2.75, 3.05) is 13.2 Å². The van der Waals surface area contributed by atoms with E-state index in [0.29, 0.717) is 45.7 Å². The maximum atomic E-state index is 12.3. The molecular weight excluding hydrogens is 368 g/mol. The van der Waals surface area contributed by atoms with E-state index in [1.54, 1.807) is 0 Å². The summed E-state index contributed by atoms with van der Waals surface area (Å²) in [5.74, 6) is -0.642. The maximum absolute atomic E-state index is 12.3. The minimum absolute atomic E-state index is 0.0224. The maximum Gasteiger partial charge on any atom is 0.175 e. The van der Waals surface area contributed by atoms with Crippen LogP contribution in [-0.2, 0) is 37.0 Å². The van der Waals surface area contributed by atoms with E-state index >= 15 is 0 Å². The Bertz CT molecular complexity index is 768. The van der Waals surface area contributed by atoms with Gasteiger partial charge in [-0.05, 0) is 17.5 Å². The van der Waals surface area contributed by atoms with Crippen molar-refractivity contribution in [1.82, 2.24) is 0 Å². The molecule has 2 heterocycles. The smallest absolute Gasteiger partial charge is 0.175 e. The second-order valence-electron chi connectivity index (χ2n) is 7.84. The first-order valence-electron chi connectivity index (χ1n) is 10.3. The Balaban J connectivity index is 1.24. The summed E-state index contributed by atoms with van der Waals surface area (Å²) in [6.07, 6.45) is 1.93. The van der Waals surface area contributed by atoms with Gasteiger partial charge in [-0.2, -0.15) is 0 Å². The molecule has 2 fully saturated rings. The molecule has 0 aliphatic carbocycles. The van der Waals surface area contributed by atoms with Crippen LogP contribution in [0.2, 0.25) is 0 Å². The van der Waals surface area contributed by atoms with Gasteiger partial charge in [0, 0.05) is 12.8 Å². The van der Waals surface area contributed by atoms with Crippen molar-refractivity contribution in [3.63, 3.8) is 0 Å². The average molecular weight is 396 g/mol. The quantitative estimate of drug-likeness (QED) is 0.707. The van der Waals surface area contributed by atoms with Crippen LogP contribution in [0.1, 0.15) is 36.8 Å². The molecule has 0 saturated carbocycles. The molecular formula is C24H28O5. The van der Waals surface area contributed by atoms with Gasteiger partial charge < -0.3 is 18.9 Å². The normalized spacial score (nSPS) is 27.2. The Hall–Kier alpha value is -2.05. The largest absolute Gasteiger partial charge is 0.374 e. The average Bonchev–Trinajstić information content (AvgIpc) is 2.74. The zero-order valence-electron chi connectivity index (χ0n) is 16.6. The highest BCUT2D eigenvalue weighted by Gasteiger charge is 2.45.